The first-order chi connectivity index (χ1) is 7.83. The van der Waals surface area contributed by atoms with Crippen molar-refractivity contribution in [1.82, 2.24) is 0 Å². The van der Waals surface area contributed by atoms with Crippen LogP contribution in [0.3, 0.4) is 0 Å². The highest BCUT2D eigenvalue weighted by Gasteiger charge is 2.30. The van der Waals surface area contributed by atoms with Crippen LogP contribution in [0.5, 0.6) is 11.5 Å². The summed E-state index contributed by atoms with van der Waals surface area (Å²) in [6.45, 7) is 3.61. The summed E-state index contributed by atoms with van der Waals surface area (Å²) < 4.78 is 5.65. The summed E-state index contributed by atoms with van der Waals surface area (Å²) in [5, 5.41) is 19.3. The number of aliphatic hydroxyl groups excluding tert-OH is 1. The van der Waals surface area contributed by atoms with Gasteiger partial charge in [0.25, 0.3) is 0 Å². The molecule has 0 amide bonds. The Hall–Kier alpha value is -0.490. The third kappa shape index (κ3) is 3.51. The first kappa shape index (κ1) is 17.5. The molecule has 104 valence electrons. The van der Waals surface area contributed by atoms with Crippen molar-refractivity contribution in [2.45, 2.75) is 19.9 Å². The SMILES string of the molecule is COc1cc(Br)c(O)c([C@@H](N)C(C)(C)CO)c1.Cl. The Morgan fingerprint density at radius 2 is 2.00 bits per heavy atom. The molecule has 6 heteroatoms. The van der Waals surface area contributed by atoms with Crippen molar-refractivity contribution < 1.29 is 14.9 Å². The molecule has 0 saturated carbocycles. The number of nitrogens with two attached hydrogens (primary N) is 1. The number of ether oxygens (including phenoxy) is 1. The Labute approximate surface area is 122 Å². The van der Waals surface area contributed by atoms with Gasteiger partial charge in [-0.15, -0.1) is 12.4 Å². The topological polar surface area (TPSA) is 75.7 Å². The van der Waals surface area contributed by atoms with Crippen molar-refractivity contribution in [2.75, 3.05) is 13.7 Å². The number of rotatable bonds is 4. The van der Waals surface area contributed by atoms with E-state index < -0.39 is 11.5 Å². The van der Waals surface area contributed by atoms with Crippen molar-refractivity contribution in [3.8, 4) is 11.5 Å². The van der Waals surface area contributed by atoms with Crippen molar-refractivity contribution in [3.05, 3.63) is 22.2 Å². The van der Waals surface area contributed by atoms with E-state index in [1.807, 2.05) is 13.8 Å². The van der Waals surface area contributed by atoms with Crippen molar-refractivity contribution in [1.29, 1.82) is 0 Å². The van der Waals surface area contributed by atoms with Crippen LogP contribution < -0.4 is 10.5 Å². The molecule has 0 aromatic heterocycles. The van der Waals surface area contributed by atoms with E-state index in [1.165, 1.54) is 0 Å². The Kier molecular flexibility index (Phi) is 6.43. The monoisotopic (exact) mass is 339 g/mol. The zero-order chi connectivity index (χ0) is 13.2. The lowest BCUT2D eigenvalue weighted by Crippen LogP contribution is -2.32. The lowest BCUT2D eigenvalue weighted by molar-refractivity contribution is 0.131. The first-order valence-corrected chi connectivity index (χ1v) is 6.05. The second-order valence-corrected chi connectivity index (χ2v) is 5.53. The molecular formula is C12H19BrClNO3. The van der Waals surface area contributed by atoms with Crippen LogP contribution in [0.2, 0.25) is 0 Å². The summed E-state index contributed by atoms with van der Waals surface area (Å²) in [7, 11) is 1.55. The predicted molar refractivity (Wildman–Crippen MR) is 77.4 cm³/mol. The second kappa shape index (κ2) is 6.61. The number of hydrogen-bond donors (Lipinski definition) is 3. The van der Waals surface area contributed by atoms with E-state index in [4.69, 9.17) is 10.5 Å². The summed E-state index contributed by atoms with van der Waals surface area (Å²) in [6.07, 6.45) is 0. The molecule has 0 heterocycles. The maximum absolute atomic E-state index is 9.98. The molecule has 1 aromatic carbocycles. The summed E-state index contributed by atoms with van der Waals surface area (Å²) in [6, 6.07) is 2.86. The van der Waals surface area contributed by atoms with Crippen molar-refractivity contribution in [2.24, 2.45) is 11.1 Å². The molecule has 1 rings (SSSR count). The first-order valence-electron chi connectivity index (χ1n) is 5.26. The lowest BCUT2D eigenvalue weighted by Gasteiger charge is -2.30. The number of hydrogen-bond acceptors (Lipinski definition) is 4. The largest absolute Gasteiger partial charge is 0.506 e. The van der Waals surface area contributed by atoms with Gasteiger partial charge in [-0.3, -0.25) is 0 Å². The fraction of sp³-hybridized carbons (Fsp3) is 0.500. The van der Waals surface area contributed by atoms with Gasteiger partial charge in [0, 0.05) is 23.6 Å². The average Bonchev–Trinajstić information content (AvgIpc) is 2.31. The van der Waals surface area contributed by atoms with E-state index >= 15 is 0 Å². The summed E-state index contributed by atoms with van der Waals surface area (Å²) in [5.74, 6) is 0.689. The van der Waals surface area contributed by atoms with Gasteiger partial charge < -0.3 is 20.7 Å². The van der Waals surface area contributed by atoms with E-state index in [0.29, 0.717) is 15.8 Å². The zero-order valence-electron chi connectivity index (χ0n) is 10.6. The Balaban J connectivity index is 0.00000289. The number of aliphatic hydroxyl groups is 1. The van der Waals surface area contributed by atoms with E-state index in [1.54, 1.807) is 19.2 Å². The third-order valence-corrected chi connectivity index (χ3v) is 3.49. The zero-order valence-corrected chi connectivity index (χ0v) is 13.0. The Morgan fingerprint density at radius 3 is 2.44 bits per heavy atom. The van der Waals surface area contributed by atoms with Crippen LogP contribution in [0.4, 0.5) is 0 Å². The van der Waals surface area contributed by atoms with Crippen LogP contribution >= 0.6 is 28.3 Å². The second-order valence-electron chi connectivity index (χ2n) is 4.67. The standard InChI is InChI=1S/C12H18BrNO3.ClH/c1-12(2,6-15)11(14)8-4-7(17-3)5-9(13)10(8)16;/h4-5,11,15-16H,6,14H2,1-3H3;1H/t11-;/m1./s1. The maximum Gasteiger partial charge on any atom is 0.134 e. The molecule has 18 heavy (non-hydrogen) atoms. The smallest absolute Gasteiger partial charge is 0.134 e. The summed E-state index contributed by atoms with van der Waals surface area (Å²) >= 11 is 3.25. The van der Waals surface area contributed by atoms with Crippen LogP contribution in [-0.2, 0) is 0 Å². The van der Waals surface area contributed by atoms with Gasteiger partial charge in [-0.25, -0.2) is 0 Å². The molecule has 1 aromatic rings. The van der Waals surface area contributed by atoms with Crippen LogP contribution in [0.15, 0.2) is 16.6 Å². The molecule has 0 fully saturated rings. The quantitative estimate of drug-likeness (QED) is 0.787. The fourth-order valence-corrected chi connectivity index (χ4v) is 1.92. The molecule has 0 aliphatic heterocycles. The normalized spacial score (nSPS) is 12.8. The van der Waals surface area contributed by atoms with Crippen LogP contribution in [0, 0.1) is 5.41 Å². The molecular weight excluding hydrogens is 321 g/mol. The molecule has 1 atom stereocenters. The third-order valence-electron chi connectivity index (χ3n) is 2.89. The minimum atomic E-state index is -0.525. The van der Waals surface area contributed by atoms with Gasteiger partial charge in [0.1, 0.15) is 11.5 Å². The molecule has 0 aliphatic carbocycles. The highest BCUT2D eigenvalue weighted by molar-refractivity contribution is 9.10. The Morgan fingerprint density at radius 1 is 1.44 bits per heavy atom. The number of aromatic hydroxyl groups is 1. The van der Waals surface area contributed by atoms with Gasteiger partial charge >= 0.3 is 0 Å². The molecule has 4 nitrogen and oxygen atoms in total. The van der Waals surface area contributed by atoms with Gasteiger partial charge in [-0.1, -0.05) is 13.8 Å². The van der Waals surface area contributed by atoms with E-state index in [9.17, 15) is 10.2 Å². The number of phenols is 1. The van der Waals surface area contributed by atoms with Gasteiger partial charge in [0.2, 0.25) is 0 Å². The van der Waals surface area contributed by atoms with E-state index in [-0.39, 0.29) is 24.8 Å². The minimum absolute atomic E-state index is 0. The number of benzene rings is 1. The molecule has 4 N–H and O–H groups in total. The highest BCUT2D eigenvalue weighted by atomic mass is 79.9. The number of phenolic OH excluding ortho intramolecular Hbond substituents is 1. The average molecular weight is 341 g/mol. The molecule has 0 radical (unpaired) electrons. The molecule has 0 spiro atoms. The van der Waals surface area contributed by atoms with Crippen LogP contribution in [0.1, 0.15) is 25.5 Å². The lowest BCUT2D eigenvalue weighted by atomic mass is 9.81. The van der Waals surface area contributed by atoms with Crippen LogP contribution in [0.25, 0.3) is 0 Å². The number of methoxy groups -OCH3 is 1. The fourth-order valence-electron chi connectivity index (χ4n) is 1.47. The molecule has 0 aliphatic rings. The molecule has 0 saturated heterocycles. The van der Waals surface area contributed by atoms with Gasteiger partial charge in [-0.2, -0.15) is 0 Å². The van der Waals surface area contributed by atoms with Crippen molar-refractivity contribution >= 4 is 28.3 Å². The van der Waals surface area contributed by atoms with Crippen LogP contribution in [-0.4, -0.2) is 23.9 Å². The van der Waals surface area contributed by atoms with E-state index in [2.05, 4.69) is 15.9 Å². The van der Waals surface area contributed by atoms with Gasteiger partial charge in [0.15, 0.2) is 0 Å². The van der Waals surface area contributed by atoms with Crippen molar-refractivity contribution in [3.63, 3.8) is 0 Å². The highest BCUT2D eigenvalue weighted by Crippen LogP contribution is 2.41. The Bertz CT molecular complexity index is 413. The summed E-state index contributed by atoms with van der Waals surface area (Å²) in [4.78, 5) is 0. The summed E-state index contributed by atoms with van der Waals surface area (Å²) in [5.41, 5.74) is 6.11. The van der Waals surface area contributed by atoms with Gasteiger partial charge in [0.05, 0.1) is 11.6 Å². The maximum atomic E-state index is 9.98. The number of halogens is 2. The van der Waals surface area contributed by atoms with Gasteiger partial charge in [-0.05, 0) is 28.1 Å². The van der Waals surface area contributed by atoms with E-state index in [0.717, 1.165) is 0 Å². The molecule has 0 unspecified atom stereocenters. The molecule has 0 bridgehead atoms. The predicted octanol–water partition coefficient (Wildman–Crippen LogP) is 2.60. The minimum Gasteiger partial charge on any atom is -0.506 e.